The Morgan fingerprint density at radius 2 is 1.70 bits per heavy atom. The zero-order valence-corrected chi connectivity index (χ0v) is 13.9. The number of urea groups is 1. The maximum absolute atomic E-state index is 12.0. The van der Waals surface area contributed by atoms with Crippen molar-refractivity contribution in [2.45, 2.75) is 30.3 Å². The molecule has 2 N–H and O–H groups in total. The van der Waals surface area contributed by atoms with E-state index in [1.807, 2.05) is 36.4 Å². The quantitative estimate of drug-likeness (QED) is 0.905. The van der Waals surface area contributed by atoms with Gasteiger partial charge < -0.3 is 10.6 Å². The fourth-order valence-electron chi connectivity index (χ4n) is 2.88. The Labute approximate surface area is 138 Å². The van der Waals surface area contributed by atoms with Crippen LogP contribution in [0, 0.1) is 0 Å². The van der Waals surface area contributed by atoms with E-state index in [2.05, 4.69) is 22.8 Å². The average Bonchev–Trinajstić information content (AvgIpc) is 2.95. The maximum atomic E-state index is 12.0. The second kappa shape index (κ2) is 6.96. The largest absolute Gasteiger partial charge is 0.335 e. The van der Waals surface area contributed by atoms with Gasteiger partial charge in [-0.3, -0.25) is 4.21 Å². The first kappa shape index (κ1) is 15.7. The summed E-state index contributed by atoms with van der Waals surface area (Å²) in [6.07, 6.45) is 3.43. The second-order valence-electron chi connectivity index (χ2n) is 5.80. The molecule has 0 bridgehead atoms. The molecule has 0 aromatic heterocycles. The van der Waals surface area contributed by atoms with Crippen LogP contribution >= 0.6 is 0 Å². The summed E-state index contributed by atoms with van der Waals surface area (Å²) in [5.41, 5.74) is 3.63. The molecule has 0 heterocycles. The van der Waals surface area contributed by atoms with Crippen LogP contribution in [0.15, 0.2) is 53.4 Å². The Bertz CT molecular complexity index is 703. The fraction of sp³-hybridized carbons (Fsp3) is 0.278. The van der Waals surface area contributed by atoms with Crippen molar-refractivity contribution in [1.29, 1.82) is 0 Å². The Hall–Kier alpha value is -2.14. The van der Waals surface area contributed by atoms with Gasteiger partial charge in [0.05, 0.1) is 0 Å². The monoisotopic (exact) mass is 328 g/mol. The summed E-state index contributed by atoms with van der Waals surface area (Å²) >= 11 is 0. The van der Waals surface area contributed by atoms with Gasteiger partial charge in [-0.2, -0.15) is 0 Å². The molecule has 3 rings (SSSR count). The van der Waals surface area contributed by atoms with Crippen LogP contribution in [0.4, 0.5) is 4.79 Å². The SMILES string of the molecule is CS(=O)c1ccc(CNC(=O)NC2Cc3ccccc3C2)cc1. The molecule has 1 aliphatic rings. The number of hydrogen-bond donors (Lipinski definition) is 2. The van der Waals surface area contributed by atoms with Crippen molar-refractivity contribution in [3.05, 3.63) is 65.2 Å². The lowest BCUT2D eigenvalue weighted by molar-refractivity contribution is 0.237. The molecule has 0 spiro atoms. The molecule has 4 nitrogen and oxygen atoms in total. The van der Waals surface area contributed by atoms with Gasteiger partial charge >= 0.3 is 6.03 Å². The summed E-state index contributed by atoms with van der Waals surface area (Å²) in [4.78, 5) is 12.8. The Balaban J connectivity index is 1.48. The molecule has 120 valence electrons. The van der Waals surface area contributed by atoms with Gasteiger partial charge in [-0.1, -0.05) is 36.4 Å². The molecule has 0 fully saturated rings. The van der Waals surface area contributed by atoms with Gasteiger partial charge in [-0.05, 0) is 41.7 Å². The predicted molar refractivity (Wildman–Crippen MR) is 91.8 cm³/mol. The highest BCUT2D eigenvalue weighted by Crippen LogP contribution is 2.21. The summed E-state index contributed by atoms with van der Waals surface area (Å²) in [6.45, 7) is 0.460. The van der Waals surface area contributed by atoms with Gasteiger partial charge in [-0.15, -0.1) is 0 Å². The maximum Gasteiger partial charge on any atom is 0.315 e. The van der Waals surface area contributed by atoms with Crippen molar-refractivity contribution in [1.82, 2.24) is 10.6 Å². The standard InChI is InChI=1S/C18H20N2O2S/c1-23(22)17-8-6-13(7-9-17)12-19-18(21)20-16-10-14-4-2-3-5-15(14)11-16/h2-9,16H,10-12H2,1H3,(H2,19,20,21). The topological polar surface area (TPSA) is 58.2 Å². The van der Waals surface area contributed by atoms with E-state index in [1.165, 1.54) is 11.1 Å². The molecule has 0 saturated heterocycles. The van der Waals surface area contributed by atoms with Crippen LogP contribution in [-0.4, -0.2) is 22.5 Å². The number of benzene rings is 2. The molecule has 0 aliphatic heterocycles. The predicted octanol–water partition coefficient (Wildman–Crippen LogP) is 2.39. The molecule has 1 atom stereocenters. The number of amides is 2. The highest BCUT2D eigenvalue weighted by atomic mass is 32.2. The summed E-state index contributed by atoms with van der Waals surface area (Å²) in [7, 11) is -0.972. The van der Waals surface area contributed by atoms with E-state index in [9.17, 15) is 9.00 Å². The van der Waals surface area contributed by atoms with Crippen molar-refractivity contribution >= 4 is 16.8 Å². The number of carbonyl (C=O) groups excluding carboxylic acids is 1. The first-order valence-electron chi connectivity index (χ1n) is 7.65. The first-order valence-corrected chi connectivity index (χ1v) is 9.21. The third kappa shape index (κ3) is 3.99. The molecule has 1 aliphatic carbocycles. The van der Waals surface area contributed by atoms with Gasteiger partial charge in [0, 0.05) is 34.5 Å². The smallest absolute Gasteiger partial charge is 0.315 e. The molecule has 5 heteroatoms. The molecule has 1 unspecified atom stereocenters. The van der Waals surface area contributed by atoms with E-state index < -0.39 is 10.8 Å². The van der Waals surface area contributed by atoms with E-state index in [4.69, 9.17) is 0 Å². The lowest BCUT2D eigenvalue weighted by Crippen LogP contribution is -2.42. The first-order chi connectivity index (χ1) is 11.1. The van der Waals surface area contributed by atoms with Crippen molar-refractivity contribution in [2.75, 3.05) is 6.26 Å². The van der Waals surface area contributed by atoms with Gasteiger partial charge in [-0.25, -0.2) is 4.79 Å². The summed E-state index contributed by atoms with van der Waals surface area (Å²) < 4.78 is 11.3. The second-order valence-corrected chi connectivity index (χ2v) is 7.18. The highest BCUT2D eigenvalue weighted by Gasteiger charge is 2.22. The van der Waals surface area contributed by atoms with Crippen LogP contribution in [0.1, 0.15) is 16.7 Å². The minimum absolute atomic E-state index is 0.147. The van der Waals surface area contributed by atoms with E-state index in [0.717, 1.165) is 23.3 Å². The third-order valence-corrected chi connectivity index (χ3v) is 5.03. The molecule has 2 aromatic rings. The van der Waals surface area contributed by atoms with Crippen molar-refractivity contribution in [3.8, 4) is 0 Å². The van der Waals surface area contributed by atoms with E-state index in [1.54, 1.807) is 6.26 Å². The molecule has 23 heavy (non-hydrogen) atoms. The number of rotatable bonds is 4. The van der Waals surface area contributed by atoms with E-state index in [0.29, 0.717) is 6.54 Å². The Morgan fingerprint density at radius 1 is 1.09 bits per heavy atom. The normalized spacial score (nSPS) is 15.0. The molecule has 0 radical (unpaired) electrons. The van der Waals surface area contributed by atoms with Crippen LogP contribution < -0.4 is 10.6 Å². The minimum atomic E-state index is -0.972. The third-order valence-electron chi connectivity index (χ3n) is 4.09. The number of fused-ring (bicyclic) bond motifs is 1. The van der Waals surface area contributed by atoms with E-state index in [-0.39, 0.29) is 12.1 Å². The minimum Gasteiger partial charge on any atom is -0.335 e. The highest BCUT2D eigenvalue weighted by molar-refractivity contribution is 7.84. The summed E-state index contributed by atoms with van der Waals surface area (Å²) in [6, 6.07) is 15.8. The number of nitrogens with one attached hydrogen (secondary N) is 2. The van der Waals surface area contributed by atoms with Gasteiger partial charge in [0.25, 0.3) is 0 Å². The number of hydrogen-bond acceptors (Lipinski definition) is 2. The molecule has 0 saturated carbocycles. The molecular weight excluding hydrogens is 308 g/mol. The van der Waals surface area contributed by atoms with Gasteiger partial charge in [0.15, 0.2) is 0 Å². The fourth-order valence-corrected chi connectivity index (χ4v) is 3.40. The summed E-state index contributed by atoms with van der Waals surface area (Å²) in [5, 5.41) is 5.90. The van der Waals surface area contributed by atoms with E-state index >= 15 is 0 Å². The van der Waals surface area contributed by atoms with Gasteiger partial charge in [0.1, 0.15) is 0 Å². The van der Waals surface area contributed by atoms with Crippen LogP contribution in [0.2, 0.25) is 0 Å². The Kier molecular flexibility index (Phi) is 4.76. The van der Waals surface area contributed by atoms with Crippen LogP contribution in [0.3, 0.4) is 0 Å². The molecule has 2 aromatic carbocycles. The zero-order valence-electron chi connectivity index (χ0n) is 13.0. The number of carbonyl (C=O) groups is 1. The Morgan fingerprint density at radius 3 is 2.26 bits per heavy atom. The average molecular weight is 328 g/mol. The van der Waals surface area contributed by atoms with Gasteiger partial charge in [0.2, 0.25) is 0 Å². The van der Waals surface area contributed by atoms with Crippen LogP contribution in [-0.2, 0) is 30.2 Å². The molecular formula is C18H20N2O2S. The molecule has 2 amide bonds. The van der Waals surface area contributed by atoms with Crippen molar-refractivity contribution in [3.63, 3.8) is 0 Å². The zero-order chi connectivity index (χ0) is 16.2. The van der Waals surface area contributed by atoms with Crippen LogP contribution in [0.25, 0.3) is 0 Å². The van der Waals surface area contributed by atoms with Crippen LogP contribution in [0.5, 0.6) is 0 Å². The lowest BCUT2D eigenvalue weighted by Gasteiger charge is -2.13. The lowest BCUT2D eigenvalue weighted by atomic mass is 10.1. The van der Waals surface area contributed by atoms with Crippen molar-refractivity contribution < 1.29 is 9.00 Å². The van der Waals surface area contributed by atoms with Crippen molar-refractivity contribution in [2.24, 2.45) is 0 Å². The summed E-state index contributed by atoms with van der Waals surface area (Å²) in [5.74, 6) is 0.